The number of halogens is 1. The Bertz CT molecular complexity index is 911. The van der Waals surface area contributed by atoms with Gasteiger partial charge >= 0.3 is 154 Å². The van der Waals surface area contributed by atoms with Gasteiger partial charge in [0.1, 0.15) is 0 Å². The molecule has 0 aliphatic carbocycles. The molecule has 134 valence electrons. The van der Waals surface area contributed by atoms with E-state index in [-0.39, 0.29) is 5.41 Å². The molecule has 0 saturated heterocycles. The second kappa shape index (κ2) is 5.56. The molecule has 0 fully saturated rings. The molecule has 1 aliphatic heterocycles. The van der Waals surface area contributed by atoms with E-state index in [1.54, 1.807) is 24.3 Å². The van der Waals surface area contributed by atoms with E-state index >= 15 is 4.20 Å². The third-order valence-corrected chi connectivity index (χ3v) is 8.49. The number of fused-ring (bicyclic) bond motifs is 1. The van der Waals surface area contributed by atoms with Gasteiger partial charge in [0.15, 0.2) is 0 Å². The molecule has 1 aliphatic rings. The van der Waals surface area contributed by atoms with E-state index in [0.717, 1.165) is 5.56 Å². The van der Waals surface area contributed by atoms with Crippen LogP contribution in [0.15, 0.2) is 78.9 Å². The molecule has 4 heteroatoms. The molecule has 26 heavy (non-hydrogen) atoms. The fraction of sp³-hybridized carbons (Fsp3) is 0.182. The first kappa shape index (κ1) is 17.1. The third kappa shape index (κ3) is 2.50. The first-order chi connectivity index (χ1) is 12.3. The first-order valence-electron chi connectivity index (χ1n) is 8.79. The normalized spacial score (nSPS) is 18.7. The molecule has 0 radical (unpaired) electrons. The second-order valence-electron chi connectivity index (χ2n) is 7.77. The van der Waals surface area contributed by atoms with E-state index < -0.39 is 7.29 Å². The van der Waals surface area contributed by atoms with Crippen LogP contribution < -0.4 is 20.2 Å². The maximum atomic E-state index is 17.2. The second-order valence-corrected chi connectivity index (χ2v) is 11.1. The molecular formula is C22H23FNOP. The van der Waals surface area contributed by atoms with Crippen molar-refractivity contribution in [2.75, 3.05) is 5.09 Å². The number of hydrogen-bond donors (Lipinski definition) is 1. The van der Waals surface area contributed by atoms with Crippen LogP contribution in [0.3, 0.4) is 0 Å². The molecule has 0 saturated carbocycles. The number of hydrogen-bond acceptors (Lipinski definition) is 2. The topological polar surface area (TPSA) is 21.3 Å². The summed E-state index contributed by atoms with van der Waals surface area (Å²) >= 11 is 0. The molecule has 0 unspecified atom stereocenters. The van der Waals surface area contributed by atoms with Gasteiger partial charge in [-0.25, -0.2) is 0 Å². The van der Waals surface area contributed by atoms with Crippen molar-refractivity contribution < 1.29 is 8.72 Å². The summed E-state index contributed by atoms with van der Waals surface area (Å²) in [6.45, 7) is 6.44. The van der Waals surface area contributed by atoms with Crippen LogP contribution in [0.2, 0.25) is 0 Å². The van der Waals surface area contributed by atoms with E-state index in [4.69, 9.17) is 4.52 Å². The Morgan fingerprint density at radius 3 is 1.85 bits per heavy atom. The van der Waals surface area contributed by atoms with Gasteiger partial charge < -0.3 is 0 Å². The van der Waals surface area contributed by atoms with Crippen molar-refractivity contribution >= 4 is 23.6 Å². The number of nitrogens with one attached hydrogen (secondary N) is 1. The van der Waals surface area contributed by atoms with Crippen LogP contribution in [0.4, 0.5) is 9.88 Å². The minimum atomic E-state index is -4.52. The number of benzene rings is 3. The van der Waals surface area contributed by atoms with Crippen LogP contribution >= 0.6 is 7.29 Å². The van der Waals surface area contributed by atoms with Gasteiger partial charge in [0, 0.05) is 0 Å². The van der Waals surface area contributed by atoms with E-state index in [0.29, 0.717) is 22.0 Å². The SMILES string of the molecule is CC(C)(C)c1ccc2c(c1)NP(F)(c1ccccc1)(c1ccccc1)O2. The van der Waals surface area contributed by atoms with E-state index in [2.05, 4.69) is 25.9 Å². The van der Waals surface area contributed by atoms with Gasteiger partial charge in [-0.1, -0.05) is 0 Å². The summed E-state index contributed by atoms with van der Waals surface area (Å²) in [6, 6.07) is 24.3. The van der Waals surface area contributed by atoms with Crippen molar-refractivity contribution in [3.8, 4) is 5.75 Å². The summed E-state index contributed by atoms with van der Waals surface area (Å²) in [5.41, 5.74) is 1.83. The zero-order valence-electron chi connectivity index (χ0n) is 15.2. The molecule has 0 aromatic heterocycles. The third-order valence-electron chi connectivity index (χ3n) is 4.87. The summed E-state index contributed by atoms with van der Waals surface area (Å²) in [6.07, 6.45) is 0. The van der Waals surface area contributed by atoms with Crippen molar-refractivity contribution in [2.24, 2.45) is 0 Å². The Morgan fingerprint density at radius 2 is 1.35 bits per heavy atom. The molecule has 0 spiro atoms. The van der Waals surface area contributed by atoms with Gasteiger partial charge in [-0.2, -0.15) is 0 Å². The number of anilines is 1. The zero-order valence-corrected chi connectivity index (χ0v) is 16.1. The summed E-state index contributed by atoms with van der Waals surface area (Å²) < 4.78 is 23.4. The van der Waals surface area contributed by atoms with Gasteiger partial charge in [-0.3, -0.25) is 0 Å². The quantitative estimate of drug-likeness (QED) is 0.586. The van der Waals surface area contributed by atoms with Crippen LogP contribution in [0.25, 0.3) is 0 Å². The van der Waals surface area contributed by atoms with Crippen LogP contribution in [0, 0.1) is 0 Å². The molecule has 2 nitrogen and oxygen atoms in total. The van der Waals surface area contributed by atoms with Crippen molar-refractivity contribution in [1.29, 1.82) is 0 Å². The van der Waals surface area contributed by atoms with Gasteiger partial charge in [0.2, 0.25) is 0 Å². The molecule has 1 N–H and O–H groups in total. The number of rotatable bonds is 2. The standard InChI is InChI=1S/C22H23FNOP/c1-22(2,3)17-14-15-21-20(16-17)24-26(23,25-21,18-10-6-4-7-11-18)19-12-8-5-9-13-19/h4-16,24H,1-3H3. The predicted molar refractivity (Wildman–Crippen MR) is 110 cm³/mol. The molecule has 3 aromatic carbocycles. The minimum absolute atomic E-state index is 0.0223. The molecule has 4 rings (SSSR count). The molecule has 1 heterocycles. The van der Waals surface area contributed by atoms with Crippen LogP contribution in [-0.4, -0.2) is 0 Å². The average Bonchev–Trinajstić information content (AvgIpc) is 2.97. The fourth-order valence-electron chi connectivity index (χ4n) is 3.36. The van der Waals surface area contributed by atoms with Crippen LogP contribution in [0.1, 0.15) is 26.3 Å². The van der Waals surface area contributed by atoms with E-state index in [1.807, 2.05) is 54.6 Å². The molecule has 0 bridgehead atoms. The van der Waals surface area contributed by atoms with Crippen LogP contribution in [0.5, 0.6) is 5.75 Å². The Balaban J connectivity index is 1.93. The monoisotopic (exact) mass is 367 g/mol. The summed E-state index contributed by atoms with van der Waals surface area (Å²) in [7, 11) is -4.52. The van der Waals surface area contributed by atoms with Gasteiger partial charge in [-0.15, -0.1) is 0 Å². The summed E-state index contributed by atoms with van der Waals surface area (Å²) in [5.74, 6) is 0.561. The Morgan fingerprint density at radius 1 is 0.808 bits per heavy atom. The van der Waals surface area contributed by atoms with Crippen molar-refractivity contribution in [3.63, 3.8) is 0 Å². The van der Waals surface area contributed by atoms with E-state index in [1.165, 1.54) is 0 Å². The molecule has 0 atom stereocenters. The Kier molecular flexibility index (Phi) is 3.65. The molecule has 0 amide bonds. The van der Waals surface area contributed by atoms with E-state index in [9.17, 15) is 0 Å². The van der Waals surface area contributed by atoms with Crippen LogP contribution in [-0.2, 0) is 5.41 Å². The fourth-order valence-corrected chi connectivity index (χ4v) is 6.71. The summed E-state index contributed by atoms with van der Waals surface area (Å²) in [5, 5.41) is 4.29. The Hall–Kier alpha value is -2.38. The molecule has 3 aromatic rings. The average molecular weight is 367 g/mol. The maximum absolute atomic E-state index is 17.2. The van der Waals surface area contributed by atoms with Crippen molar-refractivity contribution in [3.05, 3.63) is 84.4 Å². The van der Waals surface area contributed by atoms with Crippen molar-refractivity contribution in [1.82, 2.24) is 0 Å². The predicted octanol–water partition coefficient (Wildman–Crippen LogP) is 5.71. The zero-order chi connectivity index (χ0) is 18.4. The van der Waals surface area contributed by atoms with Crippen molar-refractivity contribution in [2.45, 2.75) is 26.2 Å². The van der Waals surface area contributed by atoms with Gasteiger partial charge in [0.05, 0.1) is 0 Å². The first-order valence-corrected chi connectivity index (χ1v) is 10.8. The van der Waals surface area contributed by atoms with Gasteiger partial charge in [0.25, 0.3) is 0 Å². The summed E-state index contributed by atoms with van der Waals surface area (Å²) in [4.78, 5) is 0. The Labute approximate surface area is 154 Å². The van der Waals surface area contributed by atoms with Gasteiger partial charge in [-0.05, 0) is 0 Å². The molecular weight excluding hydrogens is 344 g/mol.